The second-order valence-electron chi connectivity index (χ2n) is 6.28. The average molecular weight is 263 g/mol. The molecular formula is C16H25NO2. The number of Topliss-reactive ketones (excluding diaryl/α,β-unsaturated/α-hetero) is 2. The Labute approximate surface area is 115 Å². The number of hydrogen-bond acceptors (Lipinski definition) is 3. The van der Waals surface area contributed by atoms with Crippen LogP contribution in [-0.2, 0) is 9.59 Å². The van der Waals surface area contributed by atoms with Crippen molar-refractivity contribution in [2.75, 3.05) is 6.54 Å². The third kappa shape index (κ3) is 3.07. The molecule has 0 bridgehead atoms. The summed E-state index contributed by atoms with van der Waals surface area (Å²) in [5.74, 6) is 1.40. The summed E-state index contributed by atoms with van der Waals surface area (Å²) in [6, 6.07) is 0. The molecule has 1 heterocycles. The number of carbonyl (C=O) groups excluding carboxylic acids is 2. The highest BCUT2D eigenvalue weighted by atomic mass is 16.1. The van der Waals surface area contributed by atoms with Gasteiger partial charge in [-0.1, -0.05) is 27.2 Å². The molecule has 1 N–H and O–H groups in total. The van der Waals surface area contributed by atoms with E-state index in [0.717, 1.165) is 31.5 Å². The van der Waals surface area contributed by atoms with Gasteiger partial charge in [0.2, 0.25) is 0 Å². The lowest BCUT2D eigenvalue weighted by Gasteiger charge is -2.30. The molecule has 1 aliphatic carbocycles. The lowest BCUT2D eigenvalue weighted by atomic mass is 9.75. The predicted octanol–water partition coefficient (Wildman–Crippen LogP) is 2.85. The van der Waals surface area contributed by atoms with E-state index in [0.29, 0.717) is 30.3 Å². The zero-order valence-electron chi connectivity index (χ0n) is 12.3. The monoisotopic (exact) mass is 263 g/mol. The van der Waals surface area contributed by atoms with Crippen molar-refractivity contribution < 1.29 is 9.59 Å². The summed E-state index contributed by atoms with van der Waals surface area (Å²) >= 11 is 0. The van der Waals surface area contributed by atoms with E-state index in [4.69, 9.17) is 0 Å². The standard InChI is InChI=1S/C16H25NO2/c1-4-11(3)12-8-14(18)16(15(19)9-12)13-7-10(2)5-6-17-13/h10-12,17H,4-9H2,1-3H3. The Hall–Kier alpha value is -1.12. The summed E-state index contributed by atoms with van der Waals surface area (Å²) in [5.41, 5.74) is 1.41. The molecule has 19 heavy (non-hydrogen) atoms. The van der Waals surface area contributed by atoms with Gasteiger partial charge in [-0.2, -0.15) is 0 Å². The number of ketones is 2. The molecule has 0 spiro atoms. The van der Waals surface area contributed by atoms with Crippen LogP contribution in [0.5, 0.6) is 0 Å². The van der Waals surface area contributed by atoms with E-state index >= 15 is 0 Å². The van der Waals surface area contributed by atoms with Crippen LogP contribution in [0.2, 0.25) is 0 Å². The van der Waals surface area contributed by atoms with Crippen molar-refractivity contribution in [1.82, 2.24) is 5.32 Å². The first-order chi connectivity index (χ1) is 9.02. The van der Waals surface area contributed by atoms with Crippen molar-refractivity contribution in [1.29, 1.82) is 0 Å². The van der Waals surface area contributed by atoms with Crippen LogP contribution in [0.3, 0.4) is 0 Å². The normalized spacial score (nSPS) is 30.3. The molecule has 1 saturated heterocycles. The lowest BCUT2D eigenvalue weighted by Crippen LogP contribution is -2.35. The molecule has 1 aliphatic heterocycles. The fourth-order valence-electron chi connectivity index (χ4n) is 3.16. The zero-order chi connectivity index (χ0) is 14.0. The number of allylic oxidation sites excluding steroid dienone is 2. The molecule has 106 valence electrons. The molecule has 3 nitrogen and oxygen atoms in total. The Morgan fingerprint density at radius 1 is 1.21 bits per heavy atom. The summed E-state index contributed by atoms with van der Waals surface area (Å²) in [5, 5.41) is 3.28. The van der Waals surface area contributed by atoms with Crippen molar-refractivity contribution in [2.45, 2.75) is 52.9 Å². The molecule has 0 amide bonds. The van der Waals surface area contributed by atoms with Crippen LogP contribution >= 0.6 is 0 Å². The second kappa shape index (κ2) is 5.89. The molecule has 0 aromatic rings. The number of piperidine rings is 1. The Balaban J connectivity index is 2.18. The predicted molar refractivity (Wildman–Crippen MR) is 75.6 cm³/mol. The van der Waals surface area contributed by atoms with E-state index in [1.165, 1.54) is 0 Å². The van der Waals surface area contributed by atoms with Crippen LogP contribution in [0.1, 0.15) is 52.9 Å². The minimum Gasteiger partial charge on any atom is -0.388 e. The van der Waals surface area contributed by atoms with Crippen LogP contribution in [0.25, 0.3) is 0 Å². The van der Waals surface area contributed by atoms with E-state index in [2.05, 4.69) is 26.1 Å². The van der Waals surface area contributed by atoms with Gasteiger partial charge in [-0.05, 0) is 30.6 Å². The Morgan fingerprint density at radius 2 is 1.84 bits per heavy atom. The summed E-state index contributed by atoms with van der Waals surface area (Å²) in [6.45, 7) is 7.33. The third-order valence-electron chi connectivity index (χ3n) is 4.73. The van der Waals surface area contributed by atoms with Crippen LogP contribution in [-0.4, -0.2) is 18.1 Å². The van der Waals surface area contributed by atoms with Gasteiger partial charge in [-0.3, -0.25) is 9.59 Å². The van der Waals surface area contributed by atoms with Gasteiger partial charge < -0.3 is 5.32 Å². The molecule has 2 atom stereocenters. The molecule has 3 heteroatoms. The molecule has 2 unspecified atom stereocenters. The Bertz CT molecular complexity index is 391. The van der Waals surface area contributed by atoms with Gasteiger partial charge >= 0.3 is 0 Å². The molecule has 2 rings (SSSR count). The van der Waals surface area contributed by atoms with Gasteiger partial charge in [0, 0.05) is 25.1 Å². The number of hydrogen-bond donors (Lipinski definition) is 1. The first-order valence-electron chi connectivity index (χ1n) is 7.56. The minimum atomic E-state index is 0.0677. The van der Waals surface area contributed by atoms with Gasteiger partial charge in [0.05, 0.1) is 5.57 Å². The van der Waals surface area contributed by atoms with Gasteiger partial charge in [0.15, 0.2) is 11.6 Å². The van der Waals surface area contributed by atoms with Crippen LogP contribution in [0.4, 0.5) is 0 Å². The summed E-state index contributed by atoms with van der Waals surface area (Å²) in [7, 11) is 0. The van der Waals surface area contributed by atoms with Crippen LogP contribution in [0.15, 0.2) is 11.3 Å². The molecular weight excluding hydrogens is 238 g/mol. The number of nitrogens with one attached hydrogen (secondary N) is 1. The third-order valence-corrected chi connectivity index (χ3v) is 4.73. The lowest BCUT2D eigenvalue weighted by molar-refractivity contribution is -0.126. The van der Waals surface area contributed by atoms with Crippen molar-refractivity contribution in [3.05, 3.63) is 11.3 Å². The van der Waals surface area contributed by atoms with Crippen molar-refractivity contribution >= 4 is 11.6 Å². The largest absolute Gasteiger partial charge is 0.388 e. The van der Waals surface area contributed by atoms with Crippen LogP contribution < -0.4 is 5.32 Å². The highest BCUT2D eigenvalue weighted by molar-refractivity contribution is 6.22. The van der Waals surface area contributed by atoms with E-state index in [-0.39, 0.29) is 17.5 Å². The maximum absolute atomic E-state index is 12.3. The first-order valence-corrected chi connectivity index (χ1v) is 7.56. The SMILES string of the molecule is CCC(C)C1CC(=O)C(=C2CC(C)CCN2)C(=O)C1. The smallest absolute Gasteiger partial charge is 0.168 e. The molecule has 2 aliphatic rings. The van der Waals surface area contributed by atoms with E-state index in [1.54, 1.807) is 0 Å². The highest BCUT2D eigenvalue weighted by Crippen LogP contribution is 2.33. The maximum Gasteiger partial charge on any atom is 0.168 e. The summed E-state index contributed by atoms with van der Waals surface area (Å²) in [6.07, 6.45) is 4.10. The van der Waals surface area contributed by atoms with Crippen LogP contribution in [0, 0.1) is 17.8 Å². The minimum absolute atomic E-state index is 0.0677. The number of carbonyl (C=O) groups is 2. The van der Waals surface area contributed by atoms with Crippen molar-refractivity contribution in [3.63, 3.8) is 0 Å². The molecule has 1 saturated carbocycles. The van der Waals surface area contributed by atoms with Gasteiger partial charge in [0.1, 0.15) is 0 Å². The zero-order valence-corrected chi connectivity index (χ0v) is 12.3. The van der Waals surface area contributed by atoms with Crippen molar-refractivity contribution in [3.8, 4) is 0 Å². The fourth-order valence-corrected chi connectivity index (χ4v) is 3.16. The topological polar surface area (TPSA) is 46.2 Å². The highest BCUT2D eigenvalue weighted by Gasteiger charge is 2.35. The maximum atomic E-state index is 12.3. The number of rotatable bonds is 2. The second-order valence-corrected chi connectivity index (χ2v) is 6.28. The molecule has 0 aromatic carbocycles. The molecule has 0 radical (unpaired) electrons. The Morgan fingerprint density at radius 3 is 2.37 bits per heavy atom. The quantitative estimate of drug-likeness (QED) is 0.615. The molecule has 0 aromatic heterocycles. The first kappa shape index (κ1) is 14.3. The fraction of sp³-hybridized carbons (Fsp3) is 0.750. The van der Waals surface area contributed by atoms with E-state index < -0.39 is 0 Å². The van der Waals surface area contributed by atoms with Crippen molar-refractivity contribution in [2.24, 2.45) is 17.8 Å². The van der Waals surface area contributed by atoms with E-state index in [9.17, 15) is 9.59 Å². The average Bonchev–Trinajstić information content (AvgIpc) is 2.37. The van der Waals surface area contributed by atoms with Gasteiger partial charge in [-0.25, -0.2) is 0 Å². The van der Waals surface area contributed by atoms with E-state index in [1.807, 2.05) is 0 Å². The summed E-state index contributed by atoms with van der Waals surface area (Å²) < 4.78 is 0. The van der Waals surface area contributed by atoms with Gasteiger partial charge in [0.25, 0.3) is 0 Å². The van der Waals surface area contributed by atoms with Gasteiger partial charge in [-0.15, -0.1) is 0 Å². The molecule has 2 fully saturated rings. The summed E-state index contributed by atoms with van der Waals surface area (Å²) in [4.78, 5) is 24.6. The Kier molecular flexibility index (Phi) is 4.43.